The lowest BCUT2D eigenvalue weighted by Gasteiger charge is -2.15. The van der Waals surface area contributed by atoms with E-state index in [1.807, 2.05) is 30.5 Å². The Labute approximate surface area is 195 Å². The molecule has 2 rings (SSSR count). The SMILES string of the molecule is O=C(O)CC[C@H](NC(=O)NNC(=O)CCCc1ccc(N2C=C(CCCF)NN2)cc1)C(=O)O. The van der Waals surface area contributed by atoms with Crippen molar-refractivity contribution in [2.45, 2.75) is 51.0 Å². The van der Waals surface area contributed by atoms with Gasteiger partial charge in [-0.15, -0.1) is 5.53 Å². The van der Waals surface area contributed by atoms with Crippen LogP contribution in [0.3, 0.4) is 0 Å². The zero-order valence-electron chi connectivity index (χ0n) is 18.5. The molecule has 0 bridgehead atoms. The second kappa shape index (κ2) is 13.6. The maximum absolute atomic E-state index is 12.3. The molecule has 1 aliphatic rings. The number of carbonyl (C=O) groups is 4. The van der Waals surface area contributed by atoms with Crippen LogP contribution in [-0.2, 0) is 20.8 Å². The molecule has 12 nitrogen and oxygen atoms in total. The van der Waals surface area contributed by atoms with E-state index in [1.54, 1.807) is 5.01 Å². The lowest BCUT2D eigenvalue weighted by atomic mass is 10.1. The molecule has 1 atom stereocenters. The summed E-state index contributed by atoms with van der Waals surface area (Å²) in [5.41, 5.74) is 13.0. The quantitative estimate of drug-likeness (QED) is 0.204. The van der Waals surface area contributed by atoms with Crippen LogP contribution in [0, 0.1) is 0 Å². The van der Waals surface area contributed by atoms with E-state index in [2.05, 4.69) is 27.1 Å². The van der Waals surface area contributed by atoms with E-state index in [0.29, 0.717) is 25.7 Å². The predicted molar refractivity (Wildman–Crippen MR) is 120 cm³/mol. The van der Waals surface area contributed by atoms with Gasteiger partial charge in [-0.05, 0) is 49.8 Å². The molecule has 1 aliphatic heterocycles. The van der Waals surface area contributed by atoms with Crippen LogP contribution in [0.2, 0.25) is 0 Å². The third-order valence-electron chi connectivity index (χ3n) is 4.85. The van der Waals surface area contributed by atoms with E-state index in [4.69, 9.17) is 10.2 Å². The lowest BCUT2D eigenvalue weighted by molar-refractivity contribution is -0.140. The number of allylic oxidation sites excluding steroid dienone is 1. The van der Waals surface area contributed by atoms with Gasteiger partial charge in [0.2, 0.25) is 5.91 Å². The zero-order valence-corrected chi connectivity index (χ0v) is 18.5. The van der Waals surface area contributed by atoms with Crippen LogP contribution in [0.1, 0.15) is 44.1 Å². The fourth-order valence-corrected chi connectivity index (χ4v) is 3.06. The second-order valence-corrected chi connectivity index (χ2v) is 7.54. The number of carbonyl (C=O) groups excluding carboxylic acids is 2. The van der Waals surface area contributed by atoms with Gasteiger partial charge < -0.3 is 21.0 Å². The van der Waals surface area contributed by atoms with Gasteiger partial charge >= 0.3 is 18.0 Å². The van der Waals surface area contributed by atoms with E-state index >= 15 is 0 Å². The lowest BCUT2D eigenvalue weighted by Crippen LogP contribution is -2.51. The molecule has 3 amide bonds. The molecule has 34 heavy (non-hydrogen) atoms. The molecule has 0 saturated heterocycles. The first-order chi connectivity index (χ1) is 16.3. The molecular formula is C21H29FN6O6. The second-order valence-electron chi connectivity index (χ2n) is 7.54. The van der Waals surface area contributed by atoms with Gasteiger partial charge in [-0.2, -0.15) is 0 Å². The number of hydrogen-bond donors (Lipinski definition) is 7. The van der Waals surface area contributed by atoms with Gasteiger partial charge in [0.25, 0.3) is 0 Å². The largest absolute Gasteiger partial charge is 0.481 e. The molecule has 0 fully saturated rings. The number of amides is 3. The number of urea groups is 1. The van der Waals surface area contributed by atoms with Gasteiger partial charge in [0.15, 0.2) is 0 Å². The van der Waals surface area contributed by atoms with Gasteiger partial charge in [0.05, 0.1) is 12.4 Å². The zero-order chi connectivity index (χ0) is 24.9. The van der Waals surface area contributed by atoms with Crippen molar-refractivity contribution in [1.29, 1.82) is 0 Å². The maximum atomic E-state index is 12.3. The standard InChI is InChI=1S/C21H29FN6O6/c22-12-2-4-15-13-28(27-24-15)16-8-6-14(7-9-16)3-1-5-18(29)25-26-21(34)23-17(20(32)33)10-11-19(30)31/h6-9,13,17,24,27H,1-5,10-12H2,(H,25,29)(H,30,31)(H,32,33)(H2,23,26,34)/t17-/m0/s1. The Bertz CT molecular complexity index is 894. The Morgan fingerprint density at radius 1 is 1.00 bits per heavy atom. The van der Waals surface area contributed by atoms with Crippen LogP contribution >= 0.6 is 0 Å². The first kappa shape index (κ1) is 26.4. The van der Waals surface area contributed by atoms with Gasteiger partial charge in [0, 0.05) is 24.7 Å². The Morgan fingerprint density at radius 3 is 2.38 bits per heavy atom. The molecule has 0 aromatic heterocycles. The summed E-state index contributed by atoms with van der Waals surface area (Å²) >= 11 is 0. The van der Waals surface area contributed by atoms with Crippen LogP contribution in [-0.4, -0.2) is 46.8 Å². The smallest absolute Gasteiger partial charge is 0.334 e. The normalized spacial score (nSPS) is 13.4. The molecule has 0 aliphatic carbocycles. The van der Waals surface area contributed by atoms with E-state index in [1.165, 1.54) is 0 Å². The molecule has 7 N–H and O–H groups in total. The summed E-state index contributed by atoms with van der Waals surface area (Å²) in [6.07, 6.45) is 3.49. The molecule has 1 aromatic rings. The summed E-state index contributed by atoms with van der Waals surface area (Å²) in [4.78, 5) is 45.3. The molecule has 13 heteroatoms. The van der Waals surface area contributed by atoms with E-state index in [9.17, 15) is 23.6 Å². The number of alkyl halides is 1. The molecule has 0 spiro atoms. The van der Waals surface area contributed by atoms with Crippen molar-refractivity contribution in [3.05, 3.63) is 41.7 Å². The number of benzene rings is 1. The van der Waals surface area contributed by atoms with Crippen molar-refractivity contribution in [2.75, 3.05) is 11.7 Å². The van der Waals surface area contributed by atoms with Gasteiger partial charge in [0.1, 0.15) is 6.04 Å². The maximum Gasteiger partial charge on any atom is 0.334 e. The minimum atomic E-state index is -1.39. The van der Waals surface area contributed by atoms with Crippen molar-refractivity contribution in [3.8, 4) is 0 Å². The summed E-state index contributed by atoms with van der Waals surface area (Å²) < 4.78 is 12.3. The Kier molecular flexibility index (Phi) is 10.6. The fraction of sp³-hybridized carbons (Fsp3) is 0.429. The molecule has 0 radical (unpaired) electrons. The van der Waals surface area contributed by atoms with Crippen LogP contribution in [0.4, 0.5) is 14.9 Å². The highest BCUT2D eigenvalue weighted by Crippen LogP contribution is 2.19. The van der Waals surface area contributed by atoms with E-state index in [0.717, 1.165) is 16.9 Å². The first-order valence-electron chi connectivity index (χ1n) is 10.7. The third kappa shape index (κ3) is 9.32. The molecule has 186 valence electrons. The minimum absolute atomic E-state index is 0.127. The molecule has 0 unspecified atom stereocenters. The van der Waals surface area contributed by atoms with Crippen molar-refractivity contribution in [3.63, 3.8) is 0 Å². The number of aryl methyl sites for hydroxylation is 1. The predicted octanol–water partition coefficient (Wildman–Crippen LogP) is 1.08. The number of carboxylic acids is 2. The number of nitrogens with zero attached hydrogens (tertiary/aromatic N) is 1. The number of halogens is 1. The van der Waals surface area contributed by atoms with Gasteiger partial charge in [-0.3, -0.25) is 24.4 Å². The highest BCUT2D eigenvalue weighted by atomic mass is 19.1. The third-order valence-corrected chi connectivity index (χ3v) is 4.85. The highest BCUT2D eigenvalue weighted by molar-refractivity contribution is 5.85. The molecule has 1 aromatic carbocycles. The summed E-state index contributed by atoms with van der Waals surface area (Å²) in [6, 6.07) is 5.34. The number of nitrogens with one attached hydrogen (secondary N) is 5. The van der Waals surface area contributed by atoms with Crippen molar-refractivity contribution >= 4 is 29.6 Å². The summed E-state index contributed by atoms with van der Waals surface area (Å²) in [6.45, 7) is -0.366. The minimum Gasteiger partial charge on any atom is -0.481 e. The number of carboxylic acid groups (broad SMARTS) is 2. The Hall–Kier alpha value is -3.87. The summed E-state index contributed by atoms with van der Waals surface area (Å²) in [5.74, 6) is -3.02. The topological polar surface area (TPSA) is 172 Å². The Balaban J connectivity index is 1.68. The number of rotatable bonds is 13. The first-order valence-corrected chi connectivity index (χ1v) is 10.7. The van der Waals surface area contributed by atoms with Crippen LogP contribution < -0.4 is 32.1 Å². The van der Waals surface area contributed by atoms with Crippen LogP contribution in [0.15, 0.2) is 36.2 Å². The van der Waals surface area contributed by atoms with Crippen molar-refractivity contribution in [1.82, 2.24) is 27.1 Å². The summed E-state index contributed by atoms with van der Waals surface area (Å²) in [5, 5.41) is 21.5. The Morgan fingerprint density at radius 2 is 1.74 bits per heavy atom. The highest BCUT2D eigenvalue weighted by Gasteiger charge is 2.21. The molecule has 0 saturated carbocycles. The molecular weight excluding hydrogens is 451 g/mol. The monoisotopic (exact) mass is 480 g/mol. The fourth-order valence-electron chi connectivity index (χ4n) is 3.06. The van der Waals surface area contributed by atoms with Gasteiger partial charge in [-0.1, -0.05) is 12.1 Å². The van der Waals surface area contributed by atoms with E-state index in [-0.39, 0.29) is 19.5 Å². The van der Waals surface area contributed by atoms with Crippen molar-refractivity contribution < 1.29 is 33.8 Å². The van der Waals surface area contributed by atoms with Crippen LogP contribution in [0.25, 0.3) is 0 Å². The average Bonchev–Trinajstić information content (AvgIpc) is 3.28. The van der Waals surface area contributed by atoms with Crippen LogP contribution in [0.5, 0.6) is 0 Å². The number of hydrazine groups is 3. The van der Waals surface area contributed by atoms with Gasteiger partial charge in [-0.25, -0.2) is 15.0 Å². The average molecular weight is 480 g/mol. The number of anilines is 1. The number of aliphatic carboxylic acids is 2. The van der Waals surface area contributed by atoms with Crippen molar-refractivity contribution in [2.24, 2.45) is 0 Å². The molecule has 1 heterocycles. The summed E-state index contributed by atoms with van der Waals surface area (Å²) in [7, 11) is 0. The number of hydrogen-bond acceptors (Lipinski definition) is 7. The van der Waals surface area contributed by atoms with E-state index < -0.39 is 36.3 Å².